The van der Waals surface area contributed by atoms with E-state index in [0.29, 0.717) is 136 Å². The van der Waals surface area contributed by atoms with Crippen LogP contribution in [-0.4, -0.2) is 195 Å². The number of nitrogens with zero attached hydrogens (tertiary/aromatic N) is 7. The van der Waals surface area contributed by atoms with Gasteiger partial charge in [0.15, 0.2) is 17.1 Å². The van der Waals surface area contributed by atoms with Crippen LogP contribution in [0.15, 0.2) is 80.6 Å². The van der Waals surface area contributed by atoms with Gasteiger partial charge in [0, 0.05) is 101 Å². The minimum Gasteiger partial charge on any atom is -0.508 e. The summed E-state index contributed by atoms with van der Waals surface area (Å²) in [4.78, 5) is 141. The number of anilines is 1. The number of benzene rings is 3. The Hall–Kier alpha value is -8.85. The van der Waals surface area contributed by atoms with Gasteiger partial charge < -0.3 is 64.8 Å². The van der Waals surface area contributed by atoms with E-state index in [0.717, 1.165) is 12.8 Å². The van der Waals surface area contributed by atoms with Crippen LogP contribution in [0, 0.1) is 36.0 Å². The number of rotatable bonds is 33. The van der Waals surface area contributed by atoms with E-state index in [-0.39, 0.29) is 75.3 Å². The van der Waals surface area contributed by atoms with Crippen LogP contribution < -0.4 is 21.4 Å². The highest BCUT2D eigenvalue weighted by Gasteiger charge is 2.48. The maximum atomic E-state index is 15.1. The minimum atomic E-state index is -1.19. The van der Waals surface area contributed by atoms with Crippen LogP contribution >= 0.6 is 12.2 Å². The average molecular weight is 1390 g/mol. The Morgan fingerprint density at radius 2 is 1.32 bits per heavy atom. The van der Waals surface area contributed by atoms with Gasteiger partial charge in [0.25, 0.3) is 5.91 Å². The first kappa shape index (κ1) is 79.1. The molecule has 2 fully saturated rings. The van der Waals surface area contributed by atoms with Gasteiger partial charge in [-0.3, -0.25) is 38.4 Å². The van der Waals surface area contributed by atoms with Crippen LogP contribution in [0.1, 0.15) is 163 Å². The molecule has 3 heterocycles. The third kappa shape index (κ3) is 19.5. The number of likely N-dealkylation sites (N-methyl/N-ethyl adjacent to an activating group) is 4. The highest BCUT2D eigenvalue weighted by molar-refractivity contribution is 7.80. The number of carboxylic acid groups (broad SMARTS) is 1. The number of thiocarbonyl (C=S) groups is 1. The van der Waals surface area contributed by atoms with Crippen molar-refractivity contribution in [1.29, 1.82) is 0 Å². The Morgan fingerprint density at radius 3 is 1.94 bits per heavy atom. The molecule has 0 unspecified atom stereocenters. The molecule has 24 heteroatoms. The molecule has 2 saturated heterocycles. The number of fused-ring (bicyclic) bond motifs is 2. The number of oxime groups is 1. The van der Waals surface area contributed by atoms with E-state index in [2.05, 4.69) is 27.0 Å². The van der Waals surface area contributed by atoms with Crippen LogP contribution in [0.2, 0.25) is 0 Å². The molecule has 1 aliphatic carbocycles. The number of terminal acetylenes is 1. The molecule has 0 radical (unpaired) electrons. The van der Waals surface area contributed by atoms with E-state index in [1.165, 1.54) is 49.9 Å². The molecule has 0 saturated carbocycles. The van der Waals surface area contributed by atoms with Crippen molar-refractivity contribution in [3.05, 3.63) is 82.0 Å². The monoisotopic (exact) mass is 1380 g/mol. The summed E-state index contributed by atoms with van der Waals surface area (Å²) in [6.07, 6.45) is 15.2. The lowest BCUT2D eigenvalue weighted by atomic mass is 9.90. The Bertz CT molecular complexity index is 3690. The maximum Gasteiger partial charge on any atom is 0.336 e. The number of carbonyl (C=O) groups is 8. The summed E-state index contributed by atoms with van der Waals surface area (Å²) in [6.45, 7) is 20.0. The van der Waals surface area contributed by atoms with Crippen LogP contribution in [0.3, 0.4) is 0 Å². The highest BCUT2D eigenvalue weighted by atomic mass is 32.1. The molecule has 5 N–H and O–H groups in total. The zero-order chi connectivity index (χ0) is 73.1. The second-order valence-electron chi connectivity index (χ2n) is 27.0. The fourth-order valence-electron chi connectivity index (χ4n) is 13.7. The number of carbonyl (C=O) groups excluding carboxylic acids is 7. The molecule has 99 heavy (non-hydrogen) atoms. The molecular formula is C75H104N10O13S. The van der Waals surface area contributed by atoms with Crippen molar-refractivity contribution in [1.82, 2.24) is 40.0 Å². The number of allylic oxidation sites excluding steroid dienone is 1. The van der Waals surface area contributed by atoms with Gasteiger partial charge in [-0.2, -0.15) is 0 Å². The van der Waals surface area contributed by atoms with E-state index >= 15 is 14.4 Å². The average Bonchev–Trinajstić information content (AvgIpc) is 0.992. The predicted octanol–water partition coefficient (Wildman–Crippen LogP) is 9.77. The lowest BCUT2D eigenvalue weighted by molar-refractivity contribution is -0.158. The third-order valence-corrected chi connectivity index (χ3v) is 19.6. The smallest absolute Gasteiger partial charge is 0.336 e. The first-order valence-electron chi connectivity index (χ1n) is 34.9. The molecule has 0 aromatic heterocycles. The summed E-state index contributed by atoms with van der Waals surface area (Å²) in [5, 5.41) is 34.8. The third-order valence-electron chi connectivity index (χ3n) is 19.4. The SMILES string of the molecule is C#CCCC/C=C(\C)C(=O)N(C)[C@H](C(=O)N(C)[C@H](C(=O)N(C)[C@H](C(=O)N(C)[C@H](C(=O)N1CCC[C@H]1C(=O)N1CCC[C@H]1/C(CC)=N/OCC(=O)NCCCCCNC(=S)Nc1ccc(-c2c3ccc(=O)cc-3oc3cc(O)ccc23)c(C(=O)O)c1)C(C)C)C(C)C)[C@@H](C)CC)[C@@H](C)CC. The number of phenolic OH excluding ortho intramolecular Hbond substituents is 1. The Kier molecular flexibility index (Phi) is 29.4. The summed E-state index contributed by atoms with van der Waals surface area (Å²) >= 11 is 5.54. The molecule has 6 rings (SSSR count). The normalized spacial score (nSPS) is 16.7. The van der Waals surface area contributed by atoms with Gasteiger partial charge in [0.2, 0.25) is 35.4 Å². The van der Waals surface area contributed by atoms with Gasteiger partial charge >= 0.3 is 5.97 Å². The van der Waals surface area contributed by atoms with Gasteiger partial charge in [0.1, 0.15) is 47.3 Å². The maximum absolute atomic E-state index is 15.1. The number of nitrogens with one attached hydrogen (secondary N) is 3. The number of unbranched alkanes of at least 4 members (excludes halogenated alkanes) is 4. The van der Waals surface area contributed by atoms with Crippen molar-refractivity contribution in [2.45, 2.75) is 189 Å². The van der Waals surface area contributed by atoms with Crippen molar-refractivity contribution >= 4 is 87.0 Å². The Balaban J connectivity index is 1.01. The van der Waals surface area contributed by atoms with E-state index in [4.69, 9.17) is 27.9 Å². The number of carboxylic acids is 1. The van der Waals surface area contributed by atoms with E-state index < -0.39 is 71.8 Å². The number of hydrogen-bond donors (Lipinski definition) is 5. The molecule has 2 aromatic carbocycles. The first-order valence-corrected chi connectivity index (χ1v) is 35.3. The fraction of sp³-hybridized carbons (Fsp3) is 0.560. The van der Waals surface area contributed by atoms with Gasteiger partial charge in [-0.05, 0) is 149 Å². The highest BCUT2D eigenvalue weighted by Crippen LogP contribution is 2.43. The molecule has 7 amide bonds. The van der Waals surface area contributed by atoms with E-state index in [1.807, 2.05) is 68.4 Å². The lowest BCUT2D eigenvalue weighted by Crippen LogP contribution is -2.62. The van der Waals surface area contributed by atoms with Crippen molar-refractivity contribution in [2.24, 2.45) is 28.8 Å². The molecule has 3 aliphatic heterocycles. The number of aromatic hydroxyl groups is 1. The van der Waals surface area contributed by atoms with Gasteiger partial charge in [-0.1, -0.05) is 92.5 Å². The van der Waals surface area contributed by atoms with E-state index in [9.17, 15) is 39.0 Å². The second kappa shape index (κ2) is 36.8. The zero-order valence-corrected chi connectivity index (χ0v) is 61.1. The number of hydrogen-bond acceptors (Lipinski definition) is 14. The van der Waals surface area contributed by atoms with Crippen LogP contribution in [0.5, 0.6) is 5.75 Å². The summed E-state index contributed by atoms with van der Waals surface area (Å²) in [7, 11) is 6.34. The summed E-state index contributed by atoms with van der Waals surface area (Å²) in [5.74, 6) is -2.37. The van der Waals surface area contributed by atoms with Gasteiger partial charge in [-0.15, -0.1) is 12.3 Å². The predicted molar refractivity (Wildman–Crippen MR) is 389 cm³/mol. The molecule has 23 nitrogen and oxygen atoms in total. The van der Waals surface area contributed by atoms with Crippen LogP contribution in [0.4, 0.5) is 5.69 Å². The Labute approximate surface area is 588 Å². The van der Waals surface area contributed by atoms with Crippen LogP contribution in [0.25, 0.3) is 33.4 Å². The number of likely N-dealkylation sites (tertiary alicyclic amines) is 2. The van der Waals surface area contributed by atoms with Crippen molar-refractivity contribution in [3.63, 3.8) is 0 Å². The molecule has 538 valence electrons. The fourth-order valence-corrected chi connectivity index (χ4v) is 13.9. The second-order valence-corrected chi connectivity index (χ2v) is 27.5. The molecule has 2 aromatic rings. The van der Waals surface area contributed by atoms with Gasteiger partial charge in [-0.25, -0.2) is 4.79 Å². The molecule has 8 atom stereocenters. The van der Waals surface area contributed by atoms with Crippen molar-refractivity contribution in [3.8, 4) is 40.5 Å². The minimum absolute atomic E-state index is 0.0254. The quantitative estimate of drug-likeness (QED) is 0.00564. The summed E-state index contributed by atoms with van der Waals surface area (Å²) in [6, 6.07) is 8.51. The Morgan fingerprint density at radius 1 is 0.737 bits per heavy atom. The van der Waals surface area contributed by atoms with Gasteiger partial charge in [0.05, 0.1) is 17.3 Å². The lowest BCUT2D eigenvalue weighted by Gasteiger charge is -2.43. The number of phenols is 1. The molecule has 0 bridgehead atoms. The molecule has 4 aliphatic rings. The summed E-state index contributed by atoms with van der Waals surface area (Å²) in [5.41, 5.74) is 2.92. The largest absolute Gasteiger partial charge is 0.508 e. The standard InChI is InChI=1S/C75H104N10O13S/c1-16-20-21-23-28-49(11)68(89)82(14)66(47(9)17-2)72(93)83(15)67(48(10)18-3)71(92)80(12)64(45(5)6)70(91)81(13)65(46(7)8)73(94)85-40-27-30-59(85)69(90)84-39-26-29-58(84)57(19-4)79-97-44-62(88)76-37-24-22-25-38-77-75(99)78-50-31-34-53(56(41-50)74(95)96)63-54-35-32-51(86)42-60(54)98-61-43-52(87)33-36-55(61)63/h1,28,31-36,41-43,45-48,58-59,64-67,86H,17-27,29-30,37-40,44H2,2-15H3,(H,76,88)(H,95,96)(H2,77,78,99)/b49-28+,79-57+/t47-,48-,58-,59-,64-,65-,66-,67-/m0/s1. The van der Waals surface area contributed by atoms with Crippen molar-refractivity contribution in [2.75, 3.05) is 66.3 Å². The summed E-state index contributed by atoms with van der Waals surface area (Å²) < 4.78 is 5.94. The molecular weight excluding hydrogens is 1280 g/mol. The zero-order valence-electron chi connectivity index (χ0n) is 60.3. The van der Waals surface area contributed by atoms with Crippen molar-refractivity contribution < 1.29 is 57.8 Å². The first-order chi connectivity index (χ1) is 47.0. The molecule has 0 spiro atoms. The topological polar surface area (TPSA) is 284 Å². The number of amides is 7. The number of aromatic carboxylic acids is 1. The van der Waals surface area contributed by atoms with E-state index in [1.54, 1.807) is 69.2 Å². The van der Waals surface area contributed by atoms with Crippen LogP contribution in [-0.2, 0) is 38.4 Å².